The highest BCUT2D eigenvalue weighted by atomic mass is 79.9. The van der Waals surface area contributed by atoms with Crippen molar-refractivity contribution in [2.24, 2.45) is 0 Å². The van der Waals surface area contributed by atoms with Crippen molar-refractivity contribution in [2.45, 2.75) is 19.0 Å². The Hall–Kier alpha value is -1.96. The molecule has 4 heteroatoms. The van der Waals surface area contributed by atoms with Crippen molar-refractivity contribution in [1.82, 2.24) is 0 Å². The van der Waals surface area contributed by atoms with Crippen molar-refractivity contribution in [3.8, 4) is 0 Å². The van der Waals surface area contributed by atoms with E-state index in [1.54, 1.807) is 0 Å². The van der Waals surface area contributed by atoms with Crippen LogP contribution in [0.15, 0.2) is 91.0 Å². The van der Waals surface area contributed by atoms with Gasteiger partial charge in [0.15, 0.2) is 0 Å². The minimum Gasteiger partial charge on any atom is -1.00 e. The second-order valence-corrected chi connectivity index (χ2v) is 10.1. The third-order valence-electron chi connectivity index (χ3n) is 4.62. The molecule has 3 rings (SSSR count). The summed E-state index contributed by atoms with van der Waals surface area (Å²) in [7, 11) is -2.08. The van der Waals surface area contributed by atoms with Gasteiger partial charge in [-0.25, -0.2) is 0 Å². The molecule has 0 saturated carbocycles. The maximum absolute atomic E-state index is 11.6. The van der Waals surface area contributed by atoms with Crippen LogP contribution in [-0.4, -0.2) is 16.7 Å². The predicted octanol–water partition coefficient (Wildman–Crippen LogP) is 0.848. The zero-order chi connectivity index (χ0) is 17.7. The van der Waals surface area contributed by atoms with Gasteiger partial charge in [-0.15, -0.1) is 0 Å². The van der Waals surface area contributed by atoms with E-state index in [9.17, 15) is 9.90 Å². The first-order valence-corrected chi connectivity index (χ1v) is 10.3. The third-order valence-corrected chi connectivity index (χ3v) is 9.46. The van der Waals surface area contributed by atoms with Crippen LogP contribution in [0.1, 0.15) is 13.3 Å². The molecular formula is C22H22BrO2P. The van der Waals surface area contributed by atoms with Crippen molar-refractivity contribution in [2.75, 3.05) is 0 Å². The zero-order valence-electron chi connectivity index (χ0n) is 14.6. The molecule has 0 radical (unpaired) electrons. The van der Waals surface area contributed by atoms with Crippen LogP contribution in [0.4, 0.5) is 0 Å². The molecule has 134 valence electrons. The molecule has 0 saturated heterocycles. The lowest BCUT2D eigenvalue weighted by Gasteiger charge is -2.32. The van der Waals surface area contributed by atoms with Crippen molar-refractivity contribution >= 4 is 29.1 Å². The van der Waals surface area contributed by atoms with E-state index in [-0.39, 0.29) is 29.1 Å². The van der Waals surface area contributed by atoms with Crippen LogP contribution in [0.3, 0.4) is 0 Å². The lowest BCUT2D eigenvalue weighted by atomic mass is 10.3. The van der Waals surface area contributed by atoms with Gasteiger partial charge in [-0.05, 0) is 43.3 Å². The number of halogens is 1. The molecule has 3 aromatic carbocycles. The molecule has 0 heterocycles. The van der Waals surface area contributed by atoms with Crippen molar-refractivity contribution in [1.29, 1.82) is 0 Å². The molecular weight excluding hydrogens is 407 g/mol. The van der Waals surface area contributed by atoms with Gasteiger partial charge in [-0.2, -0.15) is 0 Å². The van der Waals surface area contributed by atoms with Crippen LogP contribution in [0.25, 0.3) is 0 Å². The van der Waals surface area contributed by atoms with Gasteiger partial charge in [0.05, 0.1) is 12.1 Å². The van der Waals surface area contributed by atoms with Gasteiger partial charge in [0.25, 0.3) is 0 Å². The van der Waals surface area contributed by atoms with Gasteiger partial charge >= 0.3 is 5.97 Å². The number of carbonyl (C=O) groups is 1. The van der Waals surface area contributed by atoms with E-state index in [1.165, 1.54) is 15.9 Å². The number of carboxylic acids is 1. The Kier molecular flexibility index (Phi) is 7.14. The fraction of sp³-hybridized carbons (Fsp3) is 0.136. The number of carboxylic acid groups (broad SMARTS) is 1. The van der Waals surface area contributed by atoms with Crippen molar-refractivity contribution in [3.63, 3.8) is 0 Å². The molecule has 1 N–H and O–H groups in total. The Labute approximate surface area is 166 Å². The minimum absolute atomic E-state index is 0. The summed E-state index contributed by atoms with van der Waals surface area (Å²) >= 11 is 0. The second kappa shape index (κ2) is 9.12. The Morgan fingerprint density at radius 1 is 0.769 bits per heavy atom. The molecule has 0 aliphatic heterocycles. The summed E-state index contributed by atoms with van der Waals surface area (Å²) in [5.74, 6) is -0.750. The molecule has 0 fully saturated rings. The summed E-state index contributed by atoms with van der Waals surface area (Å²) in [4.78, 5) is 11.6. The zero-order valence-corrected chi connectivity index (χ0v) is 17.1. The molecule has 2 nitrogen and oxygen atoms in total. The average Bonchev–Trinajstić information content (AvgIpc) is 2.64. The van der Waals surface area contributed by atoms with Gasteiger partial charge in [-0.1, -0.05) is 54.6 Å². The number of hydrogen-bond donors (Lipinski definition) is 1. The monoisotopic (exact) mass is 428 g/mol. The number of aliphatic carboxylic acids is 1. The number of rotatable bonds is 6. The molecule has 0 spiro atoms. The Bertz CT molecular complexity index is 726. The molecule has 26 heavy (non-hydrogen) atoms. The lowest BCUT2D eigenvalue weighted by molar-refractivity contribution is -0.136. The fourth-order valence-corrected chi connectivity index (χ4v) is 8.37. The molecule has 0 amide bonds. The third kappa shape index (κ3) is 3.90. The van der Waals surface area contributed by atoms with E-state index >= 15 is 0 Å². The van der Waals surface area contributed by atoms with Gasteiger partial charge < -0.3 is 22.1 Å². The standard InChI is InChI=1S/C22H21O2P.BrH/c1-18(17-22(23)24)25(19-11-5-2-6-12-19,20-13-7-3-8-14-20)21-15-9-4-10-16-21;/h2-16,18H,17H2,1H3;1H. The summed E-state index contributed by atoms with van der Waals surface area (Å²) in [5, 5.41) is 13.2. The van der Waals surface area contributed by atoms with Gasteiger partial charge in [-0.3, -0.25) is 4.79 Å². The van der Waals surface area contributed by atoms with Gasteiger partial charge in [0.2, 0.25) is 0 Å². The first-order chi connectivity index (χ1) is 12.2. The van der Waals surface area contributed by atoms with Crippen LogP contribution in [0, 0.1) is 0 Å². The van der Waals surface area contributed by atoms with Crippen LogP contribution >= 0.6 is 7.26 Å². The van der Waals surface area contributed by atoms with E-state index < -0.39 is 13.2 Å². The maximum Gasteiger partial charge on any atom is 0.307 e. The normalized spacial score (nSPS) is 12.0. The Morgan fingerprint density at radius 3 is 1.35 bits per heavy atom. The summed E-state index contributed by atoms with van der Waals surface area (Å²) in [6.07, 6.45) is 0.145. The summed E-state index contributed by atoms with van der Waals surface area (Å²) in [6, 6.07) is 31.2. The smallest absolute Gasteiger partial charge is 0.307 e. The highest BCUT2D eigenvalue weighted by Crippen LogP contribution is 2.60. The molecule has 0 aliphatic carbocycles. The van der Waals surface area contributed by atoms with E-state index in [0.717, 1.165) is 0 Å². The molecule has 1 atom stereocenters. The fourth-order valence-electron chi connectivity index (χ4n) is 3.59. The number of hydrogen-bond acceptors (Lipinski definition) is 1. The van der Waals surface area contributed by atoms with Crippen molar-refractivity contribution in [3.05, 3.63) is 91.0 Å². The quantitative estimate of drug-likeness (QED) is 0.591. The predicted molar refractivity (Wildman–Crippen MR) is 107 cm³/mol. The second-order valence-electron chi connectivity index (χ2n) is 6.18. The molecule has 0 aliphatic rings. The first kappa shape index (κ1) is 20.4. The Morgan fingerprint density at radius 2 is 1.08 bits per heavy atom. The van der Waals surface area contributed by atoms with Crippen LogP contribution < -0.4 is 32.9 Å². The largest absolute Gasteiger partial charge is 1.00 e. The van der Waals surface area contributed by atoms with E-state index in [4.69, 9.17) is 0 Å². The van der Waals surface area contributed by atoms with Gasteiger partial charge in [0, 0.05) is 0 Å². The molecule has 0 aromatic heterocycles. The van der Waals surface area contributed by atoms with E-state index in [1.807, 2.05) is 54.6 Å². The summed E-state index contributed by atoms with van der Waals surface area (Å²) in [6.45, 7) is 2.08. The maximum atomic E-state index is 11.6. The van der Waals surface area contributed by atoms with Crippen LogP contribution in [-0.2, 0) is 4.79 Å². The highest BCUT2D eigenvalue weighted by Gasteiger charge is 2.50. The summed E-state index contributed by atoms with van der Waals surface area (Å²) < 4.78 is 0. The molecule has 3 aromatic rings. The molecule has 0 bridgehead atoms. The van der Waals surface area contributed by atoms with Gasteiger partial charge in [0.1, 0.15) is 23.2 Å². The Balaban J connectivity index is 0.00000243. The lowest BCUT2D eigenvalue weighted by Crippen LogP contribution is -3.00. The van der Waals surface area contributed by atoms with E-state index in [2.05, 4.69) is 43.3 Å². The van der Waals surface area contributed by atoms with Crippen molar-refractivity contribution < 1.29 is 26.9 Å². The molecule has 1 unspecified atom stereocenters. The van der Waals surface area contributed by atoms with Crippen LogP contribution in [0.2, 0.25) is 0 Å². The number of benzene rings is 3. The van der Waals surface area contributed by atoms with E-state index in [0.29, 0.717) is 0 Å². The SMILES string of the molecule is CC(CC(=O)O)[P+](c1ccccc1)(c1ccccc1)c1ccccc1.[Br-]. The topological polar surface area (TPSA) is 37.3 Å². The average molecular weight is 429 g/mol. The van der Waals surface area contributed by atoms with Crippen LogP contribution in [0.5, 0.6) is 0 Å². The highest BCUT2D eigenvalue weighted by molar-refractivity contribution is 7.96. The first-order valence-electron chi connectivity index (χ1n) is 8.43. The summed E-state index contributed by atoms with van der Waals surface area (Å²) in [5.41, 5.74) is -0.00259. The minimum atomic E-state index is -2.08.